The van der Waals surface area contributed by atoms with Crippen molar-refractivity contribution in [2.75, 3.05) is 13.2 Å². The van der Waals surface area contributed by atoms with E-state index >= 15 is 0 Å². The van der Waals surface area contributed by atoms with E-state index in [0.717, 1.165) is 6.42 Å². The van der Waals surface area contributed by atoms with Crippen molar-refractivity contribution >= 4 is 5.91 Å². The molecule has 84 valence electrons. The number of carbonyl (C=O) groups is 1. The Labute approximate surface area is 85.9 Å². The van der Waals surface area contributed by atoms with Crippen LogP contribution < -0.4 is 11.1 Å². The minimum atomic E-state index is -0.164. The summed E-state index contributed by atoms with van der Waals surface area (Å²) in [5.74, 6) is 0.0461. The highest BCUT2D eigenvalue weighted by molar-refractivity contribution is 5.79. The first-order chi connectivity index (χ1) is 6.56. The molecule has 4 nitrogen and oxygen atoms in total. The average molecular weight is 202 g/mol. The smallest absolute Gasteiger partial charge is 0.224 e. The van der Waals surface area contributed by atoms with Crippen molar-refractivity contribution in [1.82, 2.24) is 5.32 Å². The number of aliphatic hydroxyl groups is 1. The third-order valence-electron chi connectivity index (χ3n) is 2.48. The standard InChI is InChI=1S/C10H22N2O2/c1-4-8(5-11)10(14)12-9(6-13)7(2)3/h7-9,13H,4-6,11H2,1-3H3,(H,12,14). The molecule has 0 aromatic carbocycles. The van der Waals surface area contributed by atoms with Crippen LogP contribution in [0.2, 0.25) is 0 Å². The molecule has 0 radical (unpaired) electrons. The lowest BCUT2D eigenvalue weighted by atomic mass is 10.0. The maximum atomic E-state index is 11.6. The molecule has 0 fully saturated rings. The van der Waals surface area contributed by atoms with Crippen LogP contribution in [0.1, 0.15) is 27.2 Å². The molecule has 0 aliphatic rings. The molecule has 0 aromatic heterocycles. The van der Waals surface area contributed by atoms with Crippen LogP contribution in [0.15, 0.2) is 0 Å². The summed E-state index contributed by atoms with van der Waals surface area (Å²) in [7, 11) is 0. The van der Waals surface area contributed by atoms with Gasteiger partial charge in [-0.05, 0) is 12.3 Å². The molecule has 4 N–H and O–H groups in total. The van der Waals surface area contributed by atoms with Gasteiger partial charge in [-0.25, -0.2) is 0 Å². The first kappa shape index (κ1) is 13.4. The lowest BCUT2D eigenvalue weighted by molar-refractivity contribution is -0.126. The molecule has 0 saturated carbocycles. The van der Waals surface area contributed by atoms with Gasteiger partial charge in [0.2, 0.25) is 5.91 Å². The van der Waals surface area contributed by atoms with Crippen molar-refractivity contribution in [3.63, 3.8) is 0 Å². The van der Waals surface area contributed by atoms with Crippen LogP contribution >= 0.6 is 0 Å². The molecule has 0 saturated heterocycles. The molecule has 0 heterocycles. The highest BCUT2D eigenvalue weighted by Gasteiger charge is 2.19. The summed E-state index contributed by atoms with van der Waals surface area (Å²) in [6.45, 7) is 6.19. The maximum absolute atomic E-state index is 11.6. The molecular formula is C10H22N2O2. The fraction of sp³-hybridized carbons (Fsp3) is 0.900. The fourth-order valence-electron chi connectivity index (χ4n) is 1.18. The van der Waals surface area contributed by atoms with Gasteiger partial charge in [-0.1, -0.05) is 20.8 Å². The van der Waals surface area contributed by atoms with Gasteiger partial charge in [0.15, 0.2) is 0 Å². The van der Waals surface area contributed by atoms with Gasteiger partial charge in [-0.3, -0.25) is 4.79 Å². The van der Waals surface area contributed by atoms with Crippen molar-refractivity contribution in [3.8, 4) is 0 Å². The van der Waals surface area contributed by atoms with Crippen LogP contribution in [-0.4, -0.2) is 30.2 Å². The van der Waals surface area contributed by atoms with Gasteiger partial charge in [0.05, 0.1) is 12.6 Å². The molecule has 0 aliphatic carbocycles. The predicted octanol–water partition coefficient (Wildman–Crippen LogP) is 0.104. The normalized spacial score (nSPS) is 15.3. The minimum Gasteiger partial charge on any atom is -0.394 e. The van der Waals surface area contributed by atoms with Gasteiger partial charge < -0.3 is 16.2 Å². The van der Waals surface area contributed by atoms with Gasteiger partial charge in [0.1, 0.15) is 0 Å². The topological polar surface area (TPSA) is 75.4 Å². The van der Waals surface area contributed by atoms with E-state index in [-0.39, 0.29) is 30.4 Å². The van der Waals surface area contributed by atoms with E-state index in [1.165, 1.54) is 0 Å². The first-order valence-corrected chi connectivity index (χ1v) is 5.18. The third kappa shape index (κ3) is 4.07. The molecule has 0 spiro atoms. The Morgan fingerprint density at radius 3 is 2.36 bits per heavy atom. The second kappa shape index (κ2) is 6.79. The molecule has 0 rings (SSSR count). The second-order valence-corrected chi connectivity index (χ2v) is 3.88. The van der Waals surface area contributed by atoms with Crippen LogP contribution in [0.5, 0.6) is 0 Å². The number of nitrogens with two attached hydrogens (primary N) is 1. The SMILES string of the molecule is CCC(CN)C(=O)NC(CO)C(C)C. The van der Waals surface area contributed by atoms with Crippen LogP contribution in [-0.2, 0) is 4.79 Å². The zero-order chi connectivity index (χ0) is 11.1. The summed E-state index contributed by atoms with van der Waals surface area (Å²) >= 11 is 0. The van der Waals surface area contributed by atoms with E-state index in [1.807, 2.05) is 20.8 Å². The van der Waals surface area contributed by atoms with Crippen LogP contribution in [0, 0.1) is 11.8 Å². The van der Waals surface area contributed by atoms with E-state index in [0.29, 0.717) is 6.54 Å². The third-order valence-corrected chi connectivity index (χ3v) is 2.48. The van der Waals surface area contributed by atoms with Crippen LogP contribution in [0.3, 0.4) is 0 Å². The molecule has 0 aliphatic heterocycles. The largest absolute Gasteiger partial charge is 0.394 e. The van der Waals surface area contributed by atoms with E-state index in [9.17, 15) is 4.79 Å². The molecule has 0 aromatic rings. The van der Waals surface area contributed by atoms with Gasteiger partial charge >= 0.3 is 0 Å². The molecule has 1 amide bonds. The van der Waals surface area contributed by atoms with E-state index in [1.54, 1.807) is 0 Å². The zero-order valence-electron chi connectivity index (χ0n) is 9.29. The summed E-state index contributed by atoms with van der Waals surface area (Å²) < 4.78 is 0. The lowest BCUT2D eigenvalue weighted by Crippen LogP contribution is -2.45. The average Bonchev–Trinajstić information content (AvgIpc) is 2.15. The predicted molar refractivity (Wildman–Crippen MR) is 56.7 cm³/mol. The van der Waals surface area contributed by atoms with Gasteiger partial charge in [-0.15, -0.1) is 0 Å². The van der Waals surface area contributed by atoms with Crippen LogP contribution in [0.25, 0.3) is 0 Å². The van der Waals surface area contributed by atoms with E-state index < -0.39 is 0 Å². The van der Waals surface area contributed by atoms with Gasteiger partial charge in [0, 0.05) is 12.5 Å². The van der Waals surface area contributed by atoms with Gasteiger partial charge in [-0.2, -0.15) is 0 Å². The molecule has 14 heavy (non-hydrogen) atoms. The Bertz CT molecular complexity index is 168. The number of amides is 1. The second-order valence-electron chi connectivity index (χ2n) is 3.88. The van der Waals surface area contributed by atoms with Crippen molar-refractivity contribution in [2.45, 2.75) is 33.2 Å². The number of aliphatic hydroxyl groups excluding tert-OH is 1. The van der Waals surface area contributed by atoms with Crippen molar-refractivity contribution in [3.05, 3.63) is 0 Å². The quantitative estimate of drug-likeness (QED) is 0.572. The zero-order valence-corrected chi connectivity index (χ0v) is 9.29. The molecule has 0 bridgehead atoms. The molecule has 4 heteroatoms. The molecular weight excluding hydrogens is 180 g/mol. The summed E-state index contributed by atoms with van der Waals surface area (Å²) in [5.41, 5.74) is 5.45. The maximum Gasteiger partial charge on any atom is 0.224 e. The highest BCUT2D eigenvalue weighted by Crippen LogP contribution is 2.04. The van der Waals surface area contributed by atoms with Gasteiger partial charge in [0.25, 0.3) is 0 Å². The number of hydrogen-bond acceptors (Lipinski definition) is 3. The van der Waals surface area contributed by atoms with Crippen LogP contribution in [0.4, 0.5) is 0 Å². The Hall–Kier alpha value is -0.610. The summed E-state index contributed by atoms with van der Waals surface area (Å²) in [4.78, 5) is 11.6. The number of nitrogens with one attached hydrogen (secondary N) is 1. The molecule has 2 unspecified atom stereocenters. The Kier molecular flexibility index (Phi) is 6.49. The number of carbonyl (C=O) groups excluding carboxylic acids is 1. The monoisotopic (exact) mass is 202 g/mol. The van der Waals surface area contributed by atoms with Crippen molar-refractivity contribution in [2.24, 2.45) is 17.6 Å². The minimum absolute atomic E-state index is 0.0234. The summed E-state index contributed by atoms with van der Waals surface area (Å²) in [6.07, 6.45) is 0.735. The molecule has 2 atom stereocenters. The first-order valence-electron chi connectivity index (χ1n) is 5.18. The Morgan fingerprint density at radius 2 is 2.07 bits per heavy atom. The number of hydrogen-bond donors (Lipinski definition) is 3. The van der Waals surface area contributed by atoms with E-state index in [2.05, 4.69) is 5.32 Å². The summed E-state index contributed by atoms with van der Waals surface area (Å²) in [5, 5.41) is 11.8. The highest BCUT2D eigenvalue weighted by atomic mass is 16.3. The lowest BCUT2D eigenvalue weighted by Gasteiger charge is -2.22. The van der Waals surface area contributed by atoms with E-state index in [4.69, 9.17) is 10.8 Å². The Balaban J connectivity index is 4.13. The van der Waals surface area contributed by atoms with Crippen molar-refractivity contribution in [1.29, 1.82) is 0 Å². The fourth-order valence-corrected chi connectivity index (χ4v) is 1.18. The Morgan fingerprint density at radius 1 is 1.50 bits per heavy atom. The van der Waals surface area contributed by atoms with Crippen molar-refractivity contribution < 1.29 is 9.90 Å². The summed E-state index contributed by atoms with van der Waals surface area (Å²) in [6, 6.07) is -0.164. The number of rotatable bonds is 6.